The van der Waals surface area contributed by atoms with E-state index in [1.807, 2.05) is 51.1 Å². The molecule has 2 N–H and O–H groups in total. The molecule has 19 heavy (non-hydrogen) atoms. The van der Waals surface area contributed by atoms with Gasteiger partial charge in [-0.2, -0.15) is 0 Å². The summed E-state index contributed by atoms with van der Waals surface area (Å²) in [4.78, 5) is 24.9. The Morgan fingerprint density at radius 3 is 1.79 bits per heavy atom. The zero-order valence-corrected chi connectivity index (χ0v) is 11.8. The summed E-state index contributed by atoms with van der Waals surface area (Å²) < 4.78 is 0. The van der Waals surface area contributed by atoms with Gasteiger partial charge in [0, 0.05) is 13.1 Å². The molecule has 0 aliphatic heterocycles. The van der Waals surface area contributed by atoms with Crippen LogP contribution in [0.15, 0.2) is 30.3 Å². The lowest BCUT2D eigenvalue weighted by molar-refractivity contribution is -0.138. The zero-order valence-electron chi connectivity index (χ0n) is 11.8. The molecule has 0 radical (unpaired) electrons. The van der Waals surface area contributed by atoms with Crippen molar-refractivity contribution in [1.29, 1.82) is 0 Å². The summed E-state index contributed by atoms with van der Waals surface area (Å²) in [6, 6.07) is 9.22. The summed E-state index contributed by atoms with van der Waals surface area (Å²) in [7, 11) is 0. The van der Waals surface area contributed by atoms with Crippen LogP contribution in [-0.4, -0.2) is 24.9 Å². The monoisotopic (exact) mass is 262 g/mol. The number of hydrogen-bond donors (Lipinski definition) is 2. The first kappa shape index (κ1) is 15.2. The SMILES string of the molecule is CCNC(=O)C(CC)(C(=O)NCC)c1ccccc1. The highest BCUT2D eigenvalue weighted by Gasteiger charge is 2.45. The van der Waals surface area contributed by atoms with Crippen molar-refractivity contribution in [2.75, 3.05) is 13.1 Å². The van der Waals surface area contributed by atoms with Gasteiger partial charge in [0.2, 0.25) is 11.8 Å². The van der Waals surface area contributed by atoms with Crippen LogP contribution in [0.1, 0.15) is 32.8 Å². The van der Waals surface area contributed by atoms with Gasteiger partial charge in [0.1, 0.15) is 0 Å². The second-order valence-corrected chi connectivity index (χ2v) is 4.34. The number of benzene rings is 1. The molecule has 0 heterocycles. The van der Waals surface area contributed by atoms with E-state index in [9.17, 15) is 9.59 Å². The maximum atomic E-state index is 12.4. The number of carbonyl (C=O) groups is 2. The fraction of sp³-hybridized carbons (Fsp3) is 0.467. The van der Waals surface area contributed by atoms with Crippen molar-refractivity contribution in [2.45, 2.75) is 32.6 Å². The van der Waals surface area contributed by atoms with Crippen LogP contribution in [0.3, 0.4) is 0 Å². The average Bonchev–Trinajstić information content (AvgIpc) is 2.42. The molecule has 0 aliphatic carbocycles. The Bertz CT molecular complexity index is 411. The summed E-state index contributed by atoms with van der Waals surface area (Å²) in [5.74, 6) is -0.482. The number of rotatable bonds is 6. The van der Waals surface area contributed by atoms with Crippen LogP contribution in [0.25, 0.3) is 0 Å². The first-order valence-electron chi connectivity index (χ1n) is 6.75. The Balaban J connectivity index is 3.29. The lowest BCUT2D eigenvalue weighted by atomic mass is 9.76. The molecule has 0 spiro atoms. The fourth-order valence-corrected chi connectivity index (χ4v) is 2.24. The van der Waals surface area contributed by atoms with Gasteiger partial charge in [-0.25, -0.2) is 0 Å². The van der Waals surface area contributed by atoms with E-state index in [0.717, 1.165) is 5.56 Å². The van der Waals surface area contributed by atoms with Gasteiger partial charge in [0.15, 0.2) is 5.41 Å². The topological polar surface area (TPSA) is 58.2 Å². The average molecular weight is 262 g/mol. The molecule has 0 aromatic heterocycles. The standard InChI is InChI=1S/C15H22N2O2/c1-4-15(13(18)16-5-2,14(19)17-6-3)12-10-8-7-9-11-12/h7-11H,4-6H2,1-3H3,(H,16,18)(H,17,19). The Labute approximate surface area is 114 Å². The van der Waals surface area contributed by atoms with Crippen molar-refractivity contribution in [1.82, 2.24) is 10.6 Å². The number of amides is 2. The molecule has 1 aromatic rings. The van der Waals surface area contributed by atoms with Crippen LogP contribution in [0.5, 0.6) is 0 Å². The van der Waals surface area contributed by atoms with Gasteiger partial charge < -0.3 is 10.6 Å². The number of carbonyl (C=O) groups excluding carboxylic acids is 2. The van der Waals surface area contributed by atoms with E-state index in [4.69, 9.17) is 0 Å². The molecule has 104 valence electrons. The van der Waals surface area contributed by atoms with Crippen LogP contribution in [-0.2, 0) is 15.0 Å². The molecule has 0 fully saturated rings. The molecule has 0 bridgehead atoms. The molecule has 4 nitrogen and oxygen atoms in total. The second kappa shape index (κ2) is 6.92. The summed E-state index contributed by atoms with van der Waals surface area (Å²) in [5.41, 5.74) is -0.415. The third kappa shape index (κ3) is 2.95. The van der Waals surface area contributed by atoms with Crippen LogP contribution in [0, 0.1) is 0 Å². The number of likely N-dealkylation sites (N-methyl/N-ethyl adjacent to an activating group) is 2. The fourth-order valence-electron chi connectivity index (χ4n) is 2.24. The van der Waals surface area contributed by atoms with Gasteiger partial charge >= 0.3 is 0 Å². The molecule has 0 atom stereocenters. The van der Waals surface area contributed by atoms with E-state index < -0.39 is 5.41 Å². The normalized spacial score (nSPS) is 10.9. The van der Waals surface area contributed by atoms with Crippen LogP contribution in [0.4, 0.5) is 0 Å². The minimum absolute atomic E-state index is 0.241. The lowest BCUT2D eigenvalue weighted by Gasteiger charge is -2.30. The summed E-state index contributed by atoms with van der Waals surface area (Å²) in [6.07, 6.45) is 0.425. The molecular weight excluding hydrogens is 240 g/mol. The van der Waals surface area contributed by atoms with Crippen molar-refractivity contribution in [2.24, 2.45) is 0 Å². The van der Waals surface area contributed by atoms with Gasteiger partial charge in [-0.05, 0) is 25.8 Å². The van der Waals surface area contributed by atoms with Gasteiger partial charge in [0.25, 0.3) is 0 Å². The largest absolute Gasteiger partial charge is 0.355 e. The maximum Gasteiger partial charge on any atom is 0.240 e. The minimum atomic E-state index is -1.15. The van der Waals surface area contributed by atoms with E-state index in [2.05, 4.69) is 10.6 Å². The highest BCUT2D eigenvalue weighted by Crippen LogP contribution is 2.28. The Morgan fingerprint density at radius 1 is 0.947 bits per heavy atom. The summed E-state index contributed by atoms with van der Waals surface area (Å²) in [5, 5.41) is 5.55. The Kier molecular flexibility index (Phi) is 5.55. The first-order chi connectivity index (χ1) is 9.13. The van der Waals surface area contributed by atoms with E-state index in [1.54, 1.807) is 0 Å². The third-order valence-corrected chi connectivity index (χ3v) is 3.25. The van der Waals surface area contributed by atoms with Crippen LogP contribution in [0.2, 0.25) is 0 Å². The van der Waals surface area contributed by atoms with Gasteiger partial charge in [-0.1, -0.05) is 37.3 Å². The van der Waals surface area contributed by atoms with Crippen LogP contribution < -0.4 is 10.6 Å². The summed E-state index contributed by atoms with van der Waals surface area (Å²) >= 11 is 0. The van der Waals surface area contributed by atoms with Crippen molar-refractivity contribution in [3.05, 3.63) is 35.9 Å². The zero-order chi connectivity index (χ0) is 14.3. The molecule has 1 rings (SSSR count). The first-order valence-corrected chi connectivity index (χ1v) is 6.75. The highest BCUT2D eigenvalue weighted by molar-refractivity contribution is 6.10. The van der Waals surface area contributed by atoms with Gasteiger partial charge in [-0.3, -0.25) is 9.59 Å². The molecule has 0 saturated heterocycles. The predicted octanol–water partition coefficient (Wildman–Crippen LogP) is 1.61. The lowest BCUT2D eigenvalue weighted by Crippen LogP contribution is -2.54. The summed E-state index contributed by atoms with van der Waals surface area (Å²) in [6.45, 7) is 6.57. The van der Waals surface area contributed by atoms with E-state index in [-0.39, 0.29) is 11.8 Å². The number of nitrogens with one attached hydrogen (secondary N) is 2. The third-order valence-electron chi connectivity index (χ3n) is 3.25. The van der Waals surface area contributed by atoms with Crippen molar-refractivity contribution < 1.29 is 9.59 Å². The molecule has 0 aliphatic rings. The quantitative estimate of drug-likeness (QED) is 0.765. The van der Waals surface area contributed by atoms with Gasteiger partial charge in [-0.15, -0.1) is 0 Å². The molecule has 0 unspecified atom stereocenters. The van der Waals surface area contributed by atoms with Crippen molar-refractivity contribution in [3.63, 3.8) is 0 Å². The predicted molar refractivity (Wildman–Crippen MR) is 75.8 cm³/mol. The van der Waals surface area contributed by atoms with Crippen LogP contribution >= 0.6 is 0 Å². The van der Waals surface area contributed by atoms with Crippen molar-refractivity contribution in [3.8, 4) is 0 Å². The number of hydrogen-bond acceptors (Lipinski definition) is 2. The smallest absolute Gasteiger partial charge is 0.240 e. The minimum Gasteiger partial charge on any atom is -0.355 e. The Morgan fingerprint density at radius 2 is 1.42 bits per heavy atom. The molecule has 2 amide bonds. The highest BCUT2D eigenvalue weighted by atomic mass is 16.2. The van der Waals surface area contributed by atoms with E-state index >= 15 is 0 Å². The van der Waals surface area contributed by atoms with Crippen molar-refractivity contribution >= 4 is 11.8 Å². The Hall–Kier alpha value is -1.84. The van der Waals surface area contributed by atoms with E-state index in [1.165, 1.54) is 0 Å². The second-order valence-electron chi connectivity index (χ2n) is 4.34. The molecule has 0 saturated carbocycles. The van der Waals surface area contributed by atoms with E-state index in [0.29, 0.717) is 19.5 Å². The molecular formula is C15H22N2O2. The molecule has 4 heteroatoms. The van der Waals surface area contributed by atoms with Gasteiger partial charge in [0.05, 0.1) is 0 Å². The molecule has 1 aromatic carbocycles. The maximum absolute atomic E-state index is 12.4.